The van der Waals surface area contributed by atoms with Gasteiger partial charge in [-0.3, -0.25) is 5.32 Å². The first kappa shape index (κ1) is 24.2. The first-order chi connectivity index (χ1) is 17.2. The summed E-state index contributed by atoms with van der Waals surface area (Å²) in [6.45, 7) is 5.67. The molecule has 0 aliphatic rings. The molecule has 182 valence electrons. The summed E-state index contributed by atoms with van der Waals surface area (Å²) in [5.74, 6) is 0.640. The smallest absolute Gasteiger partial charge is 0.320 e. The van der Waals surface area contributed by atoms with Gasteiger partial charge in [0.05, 0.1) is 15.6 Å². The first-order valence-electron chi connectivity index (χ1n) is 11.0. The Labute approximate surface area is 221 Å². The lowest BCUT2D eigenvalue weighted by molar-refractivity contribution is 0.243. The van der Waals surface area contributed by atoms with Crippen molar-refractivity contribution in [3.05, 3.63) is 64.1 Å². The summed E-state index contributed by atoms with van der Waals surface area (Å²) < 4.78 is 4.32. The van der Waals surface area contributed by atoms with Gasteiger partial charge in [0, 0.05) is 44.7 Å². The number of hydrogen-bond donors (Lipinski definition) is 3. The molecule has 5 rings (SSSR count). The standard InChI is InChI=1S/C25H21Cl2N7OS/c1-25(2,3)33-24(35)32-22-16(20-17(26)5-4-6-18(20)27)10-13-11-28-23(31-21(13)30-22)29-15-7-8-19-14(9-15)12-36-34-19/h4-12H,1-3H3,(H3,28,29,30,31,32,33,35). The van der Waals surface area contributed by atoms with Crippen LogP contribution < -0.4 is 16.0 Å². The fourth-order valence-corrected chi connectivity index (χ4v) is 4.86. The topological polar surface area (TPSA) is 105 Å². The highest BCUT2D eigenvalue weighted by atomic mass is 35.5. The van der Waals surface area contributed by atoms with Gasteiger partial charge in [-0.05, 0) is 68.7 Å². The minimum atomic E-state index is -0.443. The summed E-state index contributed by atoms with van der Waals surface area (Å²) in [5.41, 5.74) is 2.82. The van der Waals surface area contributed by atoms with E-state index in [1.807, 2.05) is 50.4 Å². The molecule has 3 heterocycles. The number of hydrogen-bond acceptors (Lipinski definition) is 7. The second-order valence-electron chi connectivity index (χ2n) is 9.13. The van der Waals surface area contributed by atoms with Crippen LogP contribution in [0.2, 0.25) is 10.0 Å². The van der Waals surface area contributed by atoms with Crippen LogP contribution in [0.4, 0.5) is 22.2 Å². The molecule has 0 spiro atoms. The SMILES string of the molecule is CC(C)(C)NC(=O)Nc1nc2nc(Nc3ccc4nscc4c3)ncc2cc1-c1c(Cl)cccc1Cl. The van der Waals surface area contributed by atoms with E-state index in [0.29, 0.717) is 38.2 Å². The summed E-state index contributed by atoms with van der Waals surface area (Å²) in [6, 6.07) is 12.4. The molecule has 0 aliphatic carbocycles. The molecule has 8 nitrogen and oxygen atoms in total. The number of carbonyl (C=O) groups is 1. The van der Waals surface area contributed by atoms with Crippen LogP contribution in [0.15, 0.2) is 54.0 Å². The molecule has 2 amide bonds. The van der Waals surface area contributed by atoms with E-state index in [0.717, 1.165) is 16.6 Å². The Hall–Kier alpha value is -3.53. The maximum atomic E-state index is 12.7. The van der Waals surface area contributed by atoms with Crippen LogP contribution in [0.25, 0.3) is 33.1 Å². The average Bonchev–Trinajstić information content (AvgIpc) is 3.26. The maximum absolute atomic E-state index is 12.7. The minimum absolute atomic E-state index is 0.273. The lowest BCUT2D eigenvalue weighted by atomic mass is 10.0. The van der Waals surface area contributed by atoms with Crippen molar-refractivity contribution in [1.82, 2.24) is 24.6 Å². The number of halogens is 2. The van der Waals surface area contributed by atoms with Gasteiger partial charge in [0.1, 0.15) is 5.82 Å². The van der Waals surface area contributed by atoms with Crippen LogP contribution >= 0.6 is 34.7 Å². The van der Waals surface area contributed by atoms with Crippen LogP contribution in [0.3, 0.4) is 0 Å². The molecule has 0 aliphatic heterocycles. The highest BCUT2D eigenvalue weighted by Gasteiger charge is 2.20. The Balaban J connectivity index is 1.57. The molecule has 11 heteroatoms. The van der Waals surface area contributed by atoms with Crippen LogP contribution in [0.5, 0.6) is 0 Å². The number of anilines is 3. The molecular formula is C25H21Cl2N7OS. The first-order valence-corrected chi connectivity index (χ1v) is 12.6. The fourth-order valence-electron chi connectivity index (χ4n) is 3.62. The van der Waals surface area contributed by atoms with Gasteiger partial charge < -0.3 is 10.6 Å². The molecule has 2 aromatic carbocycles. The van der Waals surface area contributed by atoms with Crippen LogP contribution in [-0.2, 0) is 0 Å². The van der Waals surface area contributed by atoms with Gasteiger partial charge >= 0.3 is 6.03 Å². The fraction of sp³-hybridized carbons (Fsp3) is 0.160. The van der Waals surface area contributed by atoms with Gasteiger partial charge in [0.2, 0.25) is 5.95 Å². The van der Waals surface area contributed by atoms with E-state index in [9.17, 15) is 4.79 Å². The number of nitrogens with one attached hydrogen (secondary N) is 3. The van der Waals surface area contributed by atoms with E-state index in [1.165, 1.54) is 11.5 Å². The van der Waals surface area contributed by atoms with Gasteiger partial charge in [0.25, 0.3) is 0 Å². The Bertz CT molecular complexity index is 1590. The molecule has 0 saturated heterocycles. The van der Waals surface area contributed by atoms with E-state index in [4.69, 9.17) is 23.2 Å². The molecule has 0 unspecified atom stereocenters. The minimum Gasteiger partial charge on any atom is -0.333 e. The predicted molar refractivity (Wildman–Crippen MR) is 148 cm³/mol. The number of pyridine rings is 1. The van der Waals surface area contributed by atoms with Crippen molar-refractivity contribution in [2.45, 2.75) is 26.3 Å². The zero-order valence-corrected chi connectivity index (χ0v) is 21.9. The number of aromatic nitrogens is 4. The lowest BCUT2D eigenvalue weighted by Gasteiger charge is -2.21. The van der Waals surface area contributed by atoms with Crippen molar-refractivity contribution < 1.29 is 4.79 Å². The van der Waals surface area contributed by atoms with Gasteiger partial charge in [0.15, 0.2) is 5.65 Å². The molecule has 0 atom stereocenters. The highest BCUT2D eigenvalue weighted by Crippen LogP contribution is 2.39. The Morgan fingerprint density at radius 2 is 1.78 bits per heavy atom. The van der Waals surface area contributed by atoms with E-state index < -0.39 is 11.6 Å². The summed E-state index contributed by atoms with van der Waals surface area (Å²) in [5, 5.41) is 13.4. The van der Waals surface area contributed by atoms with Gasteiger partial charge in [-0.15, -0.1) is 0 Å². The molecule has 36 heavy (non-hydrogen) atoms. The third-order valence-corrected chi connectivity index (χ3v) is 6.43. The third-order valence-electron chi connectivity index (χ3n) is 5.14. The van der Waals surface area contributed by atoms with Crippen LogP contribution in [-0.4, -0.2) is 30.9 Å². The van der Waals surface area contributed by atoms with Crippen LogP contribution in [0, 0.1) is 0 Å². The van der Waals surface area contributed by atoms with Gasteiger partial charge in [-0.2, -0.15) is 9.36 Å². The van der Waals surface area contributed by atoms with E-state index in [2.05, 4.69) is 35.3 Å². The van der Waals surface area contributed by atoms with E-state index in [-0.39, 0.29) is 5.82 Å². The number of amides is 2. The molecule has 3 N–H and O–H groups in total. The second kappa shape index (κ2) is 9.50. The monoisotopic (exact) mass is 537 g/mol. The molecule has 0 saturated carbocycles. The lowest BCUT2D eigenvalue weighted by Crippen LogP contribution is -2.43. The number of rotatable bonds is 4. The van der Waals surface area contributed by atoms with Crippen molar-refractivity contribution in [3.63, 3.8) is 0 Å². The predicted octanol–water partition coefficient (Wildman–Crippen LogP) is 7.27. The number of fused-ring (bicyclic) bond motifs is 2. The van der Waals surface area contributed by atoms with E-state index >= 15 is 0 Å². The average molecular weight is 538 g/mol. The van der Waals surface area contributed by atoms with Gasteiger partial charge in [-0.25, -0.2) is 14.8 Å². The normalized spacial score (nSPS) is 11.6. The Kier molecular flexibility index (Phi) is 6.38. The number of urea groups is 1. The molecule has 3 aromatic heterocycles. The van der Waals surface area contributed by atoms with Crippen molar-refractivity contribution in [2.24, 2.45) is 0 Å². The highest BCUT2D eigenvalue weighted by molar-refractivity contribution is 7.04. The summed E-state index contributed by atoms with van der Waals surface area (Å²) >= 11 is 14.4. The van der Waals surface area contributed by atoms with Crippen molar-refractivity contribution >= 4 is 80.2 Å². The summed E-state index contributed by atoms with van der Waals surface area (Å²) in [4.78, 5) is 26.4. The summed E-state index contributed by atoms with van der Waals surface area (Å²) in [6.07, 6.45) is 1.66. The number of nitrogens with zero attached hydrogens (tertiary/aromatic N) is 4. The molecule has 0 bridgehead atoms. The summed E-state index contributed by atoms with van der Waals surface area (Å²) in [7, 11) is 0. The van der Waals surface area contributed by atoms with Crippen molar-refractivity contribution in [1.29, 1.82) is 0 Å². The third kappa shape index (κ3) is 5.18. The molecule has 0 radical (unpaired) electrons. The zero-order chi connectivity index (χ0) is 25.4. The quantitative estimate of drug-likeness (QED) is 0.222. The molecular weight excluding hydrogens is 517 g/mol. The van der Waals surface area contributed by atoms with Crippen molar-refractivity contribution in [3.8, 4) is 11.1 Å². The molecule has 0 fully saturated rings. The van der Waals surface area contributed by atoms with Gasteiger partial charge in [-0.1, -0.05) is 29.3 Å². The second-order valence-corrected chi connectivity index (χ2v) is 10.6. The number of benzene rings is 2. The van der Waals surface area contributed by atoms with E-state index in [1.54, 1.807) is 24.4 Å². The Morgan fingerprint density at radius 3 is 2.53 bits per heavy atom. The Morgan fingerprint density at radius 1 is 1.00 bits per heavy atom. The zero-order valence-electron chi connectivity index (χ0n) is 19.6. The molecule has 5 aromatic rings. The number of carbonyl (C=O) groups excluding carboxylic acids is 1. The van der Waals surface area contributed by atoms with Crippen LogP contribution in [0.1, 0.15) is 20.8 Å². The van der Waals surface area contributed by atoms with Crippen molar-refractivity contribution in [2.75, 3.05) is 10.6 Å². The maximum Gasteiger partial charge on any atom is 0.320 e. The largest absolute Gasteiger partial charge is 0.333 e.